The standard InChI is InChI=1S/C7H12N2OS/c1-5-7(3-4-11-5)9-8-6(2)10/h5H,3-4H2,1-2H3,(H,8,10)/b9-7-. The number of nitrogens with one attached hydrogen (secondary N) is 1. The first-order chi connectivity index (χ1) is 5.20. The number of hydrogen-bond donors (Lipinski definition) is 1. The molecular formula is C7H12N2OS. The molecule has 3 nitrogen and oxygen atoms in total. The molecule has 1 aliphatic heterocycles. The number of carbonyl (C=O) groups excluding carboxylic acids is 1. The normalized spacial score (nSPS) is 27.5. The Kier molecular flexibility index (Phi) is 2.93. The molecule has 1 saturated heterocycles. The minimum Gasteiger partial charge on any atom is -0.274 e. The van der Waals surface area contributed by atoms with Gasteiger partial charge in [0.1, 0.15) is 0 Å². The third kappa shape index (κ3) is 2.54. The van der Waals surface area contributed by atoms with Gasteiger partial charge >= 0.3 is 0 Å². The molecular weight excluding hydrogens is 160 g/mol. The van der Waals surface area contributed by atoms with E-state index in [4.69, 9.17) is 0 Å². The number of hydrazone groups is 1. The van der Waals surface area contributed by atoms with Crippen molar-refractivity contribution in [2.45, 2.75) is 25.5 Å². The lowest BCUT2D eigenvalue weighted by molar-refractivity contribution is -0.118. The van der Waals surface area contributed by atoms with E-state index in [1.807, 2.05) is 11.8 Å². The van der Waals surface area contributed by atoms with Crippen LogP contribution in [0.25, 0.3) is 0 Å². The molecule has 0 bridgehead atoms. The highest BCUT2D eigenvalue weighted by molar-refractivity contribution is 8.01. The van der Waals surface area contributed by atoms with Gasteiger partial charge in [-0.2, -0.15) is 16.9 Å². The van der Waals surface area contributed by atoms with Crippen LogP contribution in [0.4, 0.5) is 0 Å². The van der Waals surface area contributed by atoms with E-state index >= 15 is 0 Å². The SMILES string of the molecule is CC(=O)N/N=C1/CCSC1C. The van der Waals surface area contributed by atoms with Crippen molar-refractivity contribution in [3.05, 3.63) is 0 Å². The first kappa shape index (κ1) is 8.59. The molecule has 4 heteroatoms. The average Bonchev–Trinajstić information content (AvgIpc) is 2.31. The van der Waals surface area contributed by atoms with Crippen LogP contribution in [0, 0.1) is 0 Å². The molecule has 0 aromatic rings. The van der Waals surface area contributed by atoms with E-state index in [0.29, 0.717) is 5.25 Å². The zero-order valence-electron chi connectivity index (χ0n) is 6.76. The van der Waals surface area contributed by atoms with Crippen LogP contribution in [-0.4, -0.2) is 22.6 Å². The summed E-state index contributed by atoms with van der Waals surface area (Å²) in [5, 5.41) is 4.47. The number of carbonyl (C=O) groups is 1. The predicted molar refractivity (Wildman–Crippen MR) is 47.8 cm³/mol. The summed E-state index contributed by atoms with van der Waals surface area (Å²) in [6, 6.07) is 0. The molecule has 1 amide bonds. The Balaban J connectivity index is 2.45. The van der Waals surface area contributed by atoms with Crippen molar-refractivity contribution in [2.24, 2.45) is 5.10 Å². The lowest BCUT2D eigenvalue weighted by atomic mass is 10.2. The van der Waals surface area contributed by atoms with Crippen LogP contribution in [0.5, 0.6) is 0 Å². The minimum atomic E-state index is -0.0957. The fourth-order valence-electron chi connectivity index (χ4n) is 0.937. The molecule has 0 aromatic heterocycles. The molecule has 1 rings (SSSR count). The van der Waals surface area contributed by atoms with Gasteiger partial charge in [-0.1, -0.05) is 0 Å². The average molecular weight is 172 g/mol. The second-order valence-corrected chi connectivity index (χ2v) is 3.98. The summed E-state index contributed by atoms with van der Waals surface area (Å²) in [5.41, 5.74) is 3.56. The Labute approximate surface area is 70.6 Å². The van der Waals surface area contributed by atoms with Crippen molar-refractivity contribution in [3.63, 3.8) is 0 Å². The first-order valence-electron chi connectivity index (χ1n) is 3.65. The highest BCUT2D eigenvalue weighted by Gasteiger charge is 2.18. The van der Waals surface area contributed by atoms with Gasteiger partial charge in [-0.25, -0.2) is 5.43 Å². The second kappa shape index (κ2) is 3.76. The molecule has 0 aromatic carbocycles. The second-order valence-electron chi connectivity index (χ2n) is 2.53. The summed E-state index contributed by atoms with van der Waals surface area (Å²) in [4.78, 5) is 10.5. The van der Waals surface area contributed by atoms with Crippen molar-refractivity contribution >= 4 is 23.4 Å². The number of amides is 1. The van der Waals surface area contributed by atoms with E-state index in [1.54, 1.807) is 0 Å². The first-order valence-corrected chi connectivity index (χ1v) is 4.69. The Morgan fingerprint density at radius 1 is 1.82 bits per heavy atom. The van der Waals surface area contributed by atoms with Gasteiger partial charge in [-0.3, -0.25) is 4.79 Å². The van der Waals surface area contributed by atoms with E-state index in [2.05, 4.69) is 17.5 Å². The van der Waals surface area contributed by atoms with Crippen molar-refractivity contribution in [1.82, 2.24) is 5.43 Å². The van der Waals surface area contributed by atoms with Gasteiger partial charge in [0.15, 0.2) is 0 Å². The molecule has 1 unspecified atom stereocenters. The Bertz CT molecular complexity index is 191. The zero-order chi connectivity index (χ0) is 8.27. The fraction of sp³-hybridized carbons (Fsp3) is 0.714. The molecule has 11 heavy (non-hydrogen) atoms. The largest absolute Gasteiger partial charge is 0.274 e. The van der Waals surface area contributed by atoms with Crippen molar-refractivity contribution < 1.29 is 4.79 Å². The Morgan fingerprint density at radius 3 is 3.00 bits per heavy atom. The molecule has 1 heterocycles. The lowest BCUT2D eigenvalue weighted by Crippen LogP contribution is -2.18. The molecule has 0 spiro atoms. The summed E-state index contributed by atoms with van der Waals surface area (Å²) >= 11 is 1.87. The molecule has 1 aliphatic rings. The molecule has 0 aliphatic carbocycles. The maximum Gasteiger partial charge on any atom is 0.236 e. The molecule has 62 valence electrons. The van der Waals surface area contributed by atoms with Crippen molar-refractivity contribution in [3.8, 4) is 0 Å². The van der Waals surface area contributed by atoms with Crippen LogP contribution in [0.3, 0.4) is 0 Å². The van der Waals surface area contributed by atoms with Gasteiger partial charge in [-0.15, -0.1) is 0 Å². The zero-order valence-corrected chi connectivity index (χ0v) is 7.57. The molecule has 1 atom stereocenters. The fourth-order valence-corrected chi connectivity index (χ4v) is 1.98. The molecule has 1 N–H and O–H groups in total. The van der Waals surface area contributed by atoms with Gasteiger partial charge in [0, 0.05) is 12.2 Å². The Hall–Kier alpha value is -0.510. The van der Waals surface area contributed by atoms with Crippen LogP contribution < -0.4 is 5.43 Å². The van der Waals surface area contributed by atoms with E-state index in [1.165, 1.54) is 6.92 Å². The summed E-state index contributed by atoms with van der Waals surface area (Å²) in [7, 11) is 0. The lowest BCUT2D eigenvalue weighted by Gasteiger charge is -2.01. The summed E-state index contributed by atoms with van der Waals surface area (Å²) < 4.78 is 0. The summed E-state index contributed by atoms with van der Waals surface area (Å²) in [5.74, 6) is 1.03. The van der Waals surface area contributed by atoms with Crippen molar-refractivity contribution in [1.29, 1.82) is 0 Å². The van der Waals surface area contributed by atoms with Crippen LogP contribution in [0.1, 0.15) is 20.3 Å². The van der Waals surface area contributed by atoms with Gasteiger partial charge < -0.3 is 0 Å². The van der Waals surface area contributed by atoms with E-state index in [-0.39, 0.29) is 5.91 Å². The number of rotatable bonds is 1. The van der Waals surface area contributed by atoms with E-state index in [0.717, 1.165) is 17.9 Å². The number of nitrogens with zero attached hydrogens (tertiary/aromatic N) is 1. The molecule has 1 fully saturated rings. The van der Waals surface area contributed by atoms with Crippen LogP contribution in [0.2, 0.25) is 0 Å². The quantitative estimate of drug-likeness (QED) is 0.600. The predicted octanol–water partition coefficient (Wildman–Crippen LogP) is 1.00. The third-order valence-corrected chi connectivity index (χ3v) is 2.76. The van der Waals surface area contributed by atoms with E-state index in [9.17, 15) is 4.79 Å². The topological polar surface area (TPSA) is 41.5 Å². The van der Waals surface area contributed by atoms with Crippen LogP contribution in [-0.2, 0) is 4.79 Å². The van der Waals surface area contributed by atoms with Gasteiger partial charge in [0.25, 0.3) is 0 Å². The van der Waals surface area contributed by atoms with Crippen LogP contribution >= 0.6 is 11.8 Å². The van der Waals surface area contributed by atoms with Gasteiger partial charge in [0.2, 0.25) is 5.91 Å². The highest BCUT2D eigenvalue weighted by atomic mass is 32.2. The maximum atomic E-state index is 10.5. The summed E-state index contributed by atoms with van der Waals surface area (Å²) in [6.07, 6.45) is 1.01. The summed E-state index contributed by atoms with van der Waals surface area (Å²) in [6.45, 7) is 3.58. The maximum absolute atomic E-state index is 10.5. The third-order valence-electron chi connectivity index (χ3n) is 1.55. The molecule has 0 radical (unpaired) electrons. The van der Waals surface area contributed by atoms with Crippen molar-refractivity contribution in [2.75, 3.05) is 5.75 Å². The van der Waals surface area contributed by atoms with Crippen LogP contribution in [0.15, 0.2) is 5.10 Å². The van der Waals surface area contributed by atoms with Gasteiger partial charge in [-0.05, 0) is 19.1 Å². The van der Waals surface area contributed by atoms with E-state index < -0.39 is 0 Å². The van der Waals surface area contributed by atoms with Gasteiger partial charge in [0.05, 0.1) is 5.71 Å². The Morgan fingerprint density at radius 2 is 2.55 bits per heavy atom. The smallest absolute Gasteiger partial charge is 0.236 e. The highest BCUT2D eigenvalue weighted by Crippen LogP contribution is 2.22. The monoisotopic (exact) mass is 172 g/mol. The number of hydrogen-bond acceptors (Lipinski definition) is 3. The molecule has 0 saturated carbocycles. The minimum absolute atomic E-state index is 0.0957. The number of thioether (sulfide) groups is 1.